The highest BCUT2D eigenvalue weighted by Crippen LogP contribution is 2.37. The van der Waals surface area contributed by atoms with E-state index in [1.165, 1.54) is 0 Å². The summed E-state index contributed by atoms with van der Waals surface area (Å²) in [6.07, 6.45) is -1.17. The quantitative estimate of drug-likeness (QED) is 0.686. The van der Waals surface area contributed by atoms with E-state index in [2.05, 4.69) is 0 Å². The van der Waals surface area contributed by atoms with Gasteiger partial charge < -0.3 is 14.6 Å². The molecule has 0 unspecified atom stereocenters. The van der Waals surface area contributed by atoms with Crippen molar-refractivity contribution in [3.05, 3.63) is 0 Å². The van der Waals surface area contributed by atoms with Gasteiger partial charge in [-0.1, -0.05) is 20.8 Å². The molecule has 0 bridgehead atoms. The summed E-state index contributed by atoms with van der Waals surface area (Å²) in [4.78, 5) is 0. The van der Waals surface area contributed by atoms with Crippen molar-refractivity contribution in [3.63, 3.8) is 0 Å². The molecule has 0 aromatic carbocycles. The molecule has 13 heavy (non-hydrogen) atoms. The summed E-state index contributed by atoms with van der Waals surface area (Å²) in [7, 11) is -2.16. The van der Waals surface area contributed by atoms with Gasteiger partial charge in [0.2, 0.25) is 0 Å². The van der Waals surface area contributed by atoms with E-state index in [1.54, 1.807) is 0 Å². The smallest absolute Gasteiger partial charge is 0.192 e. The number of aliphatic hydroxyl groups is 2. The summed E-state index contributed by atoms with van der Waals surface area (Å²) in [5.41, 5.74) is 0. The summed E-state index contributed by atoms with van der Waals surface area (Å²) < 4.78 is 19.8. The van der Waals surface area contributed by atoms with Crippen LogP contribution in [0.1, 0.15) is 23.5 Å². The molecule has 1 atom stereocenters. The van der Waals surface area contributed by atoms with Crippen LogP contribution in [0.4, 0.5) is 0 Å². The zero-order chi connectivity index (χ0) is 12.5. The molecule has 0 fully saturated rings. The van der Waals surface area contributed by atoms with Gasteiger partial charge in [-0.3, -0.25) is 0 Å². The fraction of sp³-hybridized carbons (Fsp3) is 1.00. The van der Waals surface area contributed by atoms with E-state index in [0.717, 1.165) is 0 Å². The van der Waals surface area contributed by atoms with Crippen molar-refractivity contribution < 1.29 is 17.4 Å². The predicted molar refractivity (Wildman–Crippen MR) is 56.2 cm³/mol. The van der Waals surface area contributed by atoms with E-state index in [4.69, 9.17) is 12.3 Å². The van der Waals surface area contributed by atoms with Gasteiger partial charge in [0.05, 0.1) is 22.0 Å². The first-order valence-electron chi connectivity index (χ1n) is 5.43. The highest BCUT2D eigenvalue weighted by Gasteiger charge is 2.38. The average molecular weight is 208 g/mol. The van der Waals surface area contributed by atoms with Crippen molar-refractivity contribution in [2.45, 2.75) is 45.0 Å². The van der Waals surface area contributed by atoms with Crippen LogP contribution in [-0.4, -0.2) is 37.8 Å². The summed E-state index contributed by atoms with van der Waals surface area (Å²) in [6.45, 7) is 6.92. The lowest BCUT2D eigenvalue weighted by atomic mass is 10.2. The SMILES string of the molecule is [2H]C([2H])(O)[C@H](CO)O[Si](C)(C)C(C)(C)C. The van der Waals surface area contributed by atoms with Crippen LogP contribution < -0.4 is 0 Å². The summed E-state index contributed by atoms with van der Waals surface area (Å²) in [5, 5.41) is 18.1. The molecule has 0 rings (SSSR count). The number of aliphatic hydroxyl groups excluding tert-OH is 1. The van der Waals surface area contributed by atoms with Gasteiger partial charge in [0, 0.05) is 0 Å². The van der Waals surface area contributed by atoms with Crippen LogP contribution in [0.2, 0.25) is 18.1 Å². The summed E-state index contributed by atoms with van der Waals surface area (Å²) in [6, 6.07) is 0. The van der Waals surface area contributed by atoms with Crippen molar-refractivity contribution in [1.29, 1.82) is 0 Å². The molecule has 0 amide bonds. The lowest BCUT2D eigenvalue weighted by Gasteiger charge is -2.38. The first-order chi connectivity index (χ1) is 6.42. The Morgan fingerprint density at radius 3 is 2.08 bits per heavy atom. The Bertz CT molecular complexity index is 208. The normalized spacial score (nSPS) is 19.3. The van der Waals surface area contributed by atoms with Crippen LogP contribution in [0.25, 0.3) is 0 Å². The highest BCUT2D eigenvalue weighted by molar-refractivity contribution is 6.74. The minimum Gasteiger partial charge on any atom is -0.409 e. The van der Waals surface area contributed by atoms with Crippen LogP contribution in [0, 0.1) is 0 Å². The van der Waals surface area contributed by atoms with E-state index < -0.39 is 27.6 Å². The molecule has 0 aliphatic carbocycles. The molecule has 3 nitrogen and oxygen atoms in total. The molecule has 0 radical (unpaired) electrons. The maximum Gasteiger partial charge on any atom is 0.192 e. The fourth-order valence-corrected chi connectivity index (χ4v) is 1.83. The molecule has 0 aromatic heterocycles. The van der Waals surface area contributed by atoms with Gasteiger partial charge >= 0.3 is 0 Å². The highest BCUT2D eigenvalue weighted by atomic mass is 28.4. The Labute approximate surface area is 84.7 Å². The van der Waals surface area contributed by atoms with Crippen molar-refractivity contribution in [2.24, 2.45) is 0 Å². The van der Waals surface area contributed by atoms with Crippen LogP contribution in [0.3, 0.4) is 0 Å². The van der Waals surface area contributed by atoms with Crippen molar-refractivity contribution in [3.8, 4) is 0 Å². The van der Waals surface area contributed by atoms with Gasteiger partial charge in [-0.25, -0.2) is 0 Å². The Hall–Kier alpha value is 0.0969. The molecule has 0 saturated heterocycles. The largest absolute Gasteiger partial charge is 0.409 e. The zero-order valence-corrected chi connectivity index (χ0v) is 10.1. The third-order valence-electron chi connectivity index (χ3n) is 2.55. The topological polar surface area (TPSA) is 49.7 Å². The van der Waals surface area contributed by atoms with Crippen molar-refractivity contribution in [2.75, 3.05) is 13.2 Å². The second kappa shape index (κ2) is 4.55. The molecule has 0 saturated carbocycles. The zero-order valence-electron chi connectivity index (χ0n) is 11.1. The van der Waals surface area contributed by atoms with Crippen LogP contribution in [0.5, 0.6) is 0 Å². The van der Waals surface area contributed by atoms with Gasteiger partial charge in [-0.15, -0.1) is 0 Å². The molecule has 2 N–H and O–H groups in total. The Balaban J connectivity index is 4.70. The van der Waals surface area contributed by atoms with E-state index in [-0.39, 0.29) is 5.04 Å². The molecule has 80 valence electrons. The van der Waals surface area contributed by atoms with Gasteiger partial charge in [0.1, 0.15) is 0 Å². The first kappa shape index (κ1) is 9.64. The van der Waals surface area contributed by atoms with Crippen molar-refractivity contribution >= 4 is 8.32 Å². The van der Waals surface area contributed by atoms with E-state index in [9.17, 15) is 5.11 Å². The minimum atomic E-state index is -2.50. The molecule has 4 heteroatoms. The summed E-state index contributed by atoms with van der Waals surface area (Å²) in [5.74, 6) is 0. The van der Waals surface area contributed by atoms with Gasteiger partial charge in [0.25, 0.3) is 0 Å². The summed E-state index contributed by atoms with van der Waals surface area (Å²) >= 11 is 0. The molecule has 0 spiro atoms. The second-order valence-electron chi connectivity index (χ2n) is 4.68. The molecular weight excluding hydrogens is 184 g/mol. The number of rotatable bonds is 4. The van der Waals surface area contributed by atoms with E-state index >= 15 is 0 Å². The molecule has 0 aromatic rings. The minimum absolute atomic E-state index is 0.0777. The Kier molecular flexibility index (Phi) is 3.37. The average Bonchev–Trinajstić information content (AvgIpc) is 1.95. The first-order valence-corrected chi connectivity index (χ1v) is 7.33. The van der Waals surface area contributed by atoms with Crippen molar-refractivity contribution in [1.82, 2.24) is 0 Å². The van der Waals surface area contributed by atoms with Gasteiger partial charge in [-0.05, 0) is 18.1 Å². The molecule has 0 aliphatic heterocycles. The number of hydrogen-bond acceptors (Lipinski definition) is 3. The second-order valence-corrected chi connectivity index (χ2v) is 9.43. The van der Waals surface area contributed by atoms with Crippen LogP contribution in [0.15, 0.2) is 0 Å². The maximum absolute atomic E-state index is 9.18. The lowest BCUT2D eigenvalue weighted by molar-refractivity contribution is 0.0529. The Morgan fingerprint density at radius 1 is 1.38 bits per heavy atom. The monoisotopic (exact) mass is 208 g/mol. The molecular formula is C9H22O3Si. The number of hydrogen-bond donors (Lipinski definition) is 2. The van der Waals surface area contributed by atoms with Crippen LogP contribution in [-0.2, 0) is 4.43 Å². The van der Waals surface area contributed by atoms with Gasteiger partial charge in [-0.2, -0.15) is 0 Å². The third-order valence-corrected chi connectivity index (χ3v) is 7.04. The Morgan fingerprint density at radius 2 is 1.85 bits per heavy atom. The van der Waals surface area contributed by atoms with E-state index in [0.29, 0.717) is 0 Å². The fourth-order valence-electron chi connectivity index (χ4n) is 0.637. The molecule has 0 heterocycles. The predicted octanol–water partition coefficient (Wildman–Crippen LogP) is 1.36. The van der Waals surface area contributed by atoms with E-state index in [1.807, 2.05) is 33.9 Å². The van der Waals surface area contributed by atoms with Gasteiger partial charge in [0.15, 0.2) is 8.32 Å². The standard InChI is InChI=1S/C9H22O3Si/c1-9(2,3)13(4,5)12-8(6-10)7-11/h8,10-11H,6-7H2,1-5H3/i6D2/t8-/m1/s1. The maximum atomic E-state index is 9.18. The third kappa shape index (κ3) is 3.77. The lowest BCUT2D eigenvalue weighted by Crippen LogP contribution is -2.45. The molecule has 0 aliphatic rings. The van der Waals surface area contributed by atoms with Crippen LogP contribution >= 0.6 is 0 Å².